The maximum atomic E-state index is 12.4. The Morgan fingerprint density at radius 3 is 2.56 bits per heavy atom. The molecule has 0 N–H and O–H groups in total. The van der Waals surface area contributed by atoms with Gasteiger partial charge in [-0.1, -0.05) is 6.08 Å². The Balaban J connectivity index is 2.53. The third-order valence-corrected chi connectivity index (χ3v) is 4.02. The molecule has 18 heavy (non-hydrogen) atoms. The SMILES string of the molecule is COC1(OC)C(=O)[C@H]2C=C(C#N)[C@@H]1C[C@@H]2C(C)=O. The number of allylic oxidation sites excluding steroid dienone is 1. The van der Waals surface area contributed by atoms with Crippen molar-refractivity contribution in [3.63, 3.8) is 0 Å². The molecule has 1 saturated carbocycles. The molecule has 0 spiro atoms. The summed E-state index contributed by atoms with van der Waals surface area (Å²) in [6, 6.07) is 2.08. The lowest BCUT2D eigenvalue weighted by Gasteiger charge is -2.48. The van der Waals surface area contributed by atoms with Crippen LogP contribution in [0.5, 0.6) is 0 Å². The molecule has 1 fully saturated rings. The third-order valence-electron chi connectivity index (χ3n) is 4.02. The fourth-order valence-corrected chi connectivity index (χ4v) is 3.08. The number of ketones is 2. The molecule has 0 unspecified atom stereocenters. The van der Waals surface area contributed by atoms with Crippen LogP contribution in [0, 0.1) is 29.1 Å². The average molecular weight is 249 g/mol. The molecule has 3 aliphatic carbocycles. The Morgan fingerprint density at radius 2 is 2.11 bits per heavy atom. The minimum absolute atomic E-state index is 0.0348. The molecule has 2 bridgehead atoms. The van der Waals surface area contributed by atoms with E-state index >= 15 is 0 Å². The molecule has 0 saturated heterocycles. The summed E-state index contributed by atoms with van der Waals surface area (Å²) < 4.78 is 10.5. The standard InChI is InChI=1S/C13H15NO4/c1-7(15)9-5-11-8(6-14)4-10(9)12(16)13(11,17-2)18-3/h4,9-11H,5H2,1-3H3/t9-,10+,11+/m1/s1. The van der Waals surface area contributed by atoms with Gasteiger partial charge in [-0.15, -0.1) is 0 Å². The van der Waals surface area contributed by atoms with Gasteiger partial charge in [0, 0.05) is 25.7 Å². The van der Waals surface area contributed by atoms with E-state index in [9.17, 15) is 9.59 Å². The van der Waals surface area contributed by atoms with E-state index in [0.717, 1.165) is 0 Å². The third kappa shape index (κ3) is 1.46. The highest BCUT2D eigenvalue weighted by atomic mass is 16.7. The zero-order valence-corrected chi connectivity index (χ0v) is 10.6. The van der Waals surface area contributed by atoms with Crippen molar-refractivity contribution in [1.82, 2.24) is 0 Å². The number of rotatable bonds is 3. The highest BCUT2D eigenvalue weighted by molar-refractivity contribution is 5.98. The maximum absolute atomic E-state index is 12.4. The van der Waals surface area contributed by atoms with Crippen molar-refractivity contribution in [3.05, 3.63) is 11.6 Å². The molecule has 3 rings (SSSR count). The number of hydrogen-bond donors (Lipinski definition) is 0. The van der Waals surface area contributed by atoms with Gasteiger partial charge in [0.2, 0.25) is 5.79 Å². The summed E-state index contributed by atoms with van der Waals surface area (Å²) >= 11 is 0. The van der Waals surface area contributed by atoms with E-state index in [-0.39, 0.29) is 17.5 Å². The number of ether oxygens (including phenoxy) is 2. The van der Waals surface area contributed by atoms with Gasteiger partial charge in [-0.3, -0.25) is 9.59 Å². The minimum Gasteiger partial charge on any atom is -0.346 e. The van der Waals surface area contributed by atoms with Crippen LogP contribution in [-0.2, 0) is 19.1 Å². The number of hydrogen-bond acceptors (Lipinski definition) is 5. The molecule has 5 nitrogen and oxygen atoms in total. The van der Waals surface area contributed by atoms with Crippen LogP contribution in [0.2, 0.25) is 0 Å². The first-order valence-corrected chi connectivity index (χ1v) is 5.78. The first kappa shape index (κ1) is 12.9. The van der Waals surface area contributed by atoms with Crippen molar-refractivity contribution in [2.45, 2.75) is 19.1 Å². The van der Waals surface area contributed by atoms with Gasteiger partial charge in [-0.25, -0.2) is 0 Å². The van der Waals surface area contributed by atoms with Crippen LogP contribution in [-0.4, -0.2) is 31.6 Å². The molecule has 0 heterocycles. The predicted octanol–water partition coefficient (Wildman–Crippen LogP) is 0.849. The van der Waals surface area contributed by atoms with Crippen molar-refractivity contribution in [3.8, 4) is 6.07 Å². The summed E-state index contributed by atoms with van der Waals surface area (Å²) in [5, 5.41) is 9.12. The highest BCUT2D eigenvalue weighted by Gasteiger charge is 2.60. The summed E-state index contributed by atoms with van der Waals surface area (Å²) in [6.45, 7) is 1.47. The van der Waals surface area contributed by atoms with Gasteiger partial charge in [0.15, 0.2) is 5.78 Å². The smallest absolute Gasteiger partial charge is 0.236 e. The van der Waals surface area contributed by atoms with Gasteiger partial charge in [0.05, 0.1) is 17.9 Å². The number of nitrogens with zero attached hydrogens (tertiary/aromatic N) is 1. The van der Waals surface area contributed by atoms with Crippen molar-refractivity contribution < 1.29 is 19.1 Å². The van der Waals surface area contributed by atoms with Gasteiger partial charge in [-0.2, -0.15) is 5.26 Å². The second-order valence-corrected chi connectivity index (χ2v) is 4.71. The largest absolute Gasteiger partial charge is 0.346 e. The van der Waals surface area contributed by atoms with Crippen LogP contribution in [0.3, 0.4) is 0 Å². The second kappa shape index (κ2) is 4.30. The van der Waals surface area contributed by atoms with E-state index in [1.165, 1.54) is 21.1 Å². The second-order valence-electron chi connectivity index (χ2n) is 4.71. The molecule has 3 aliphatic rings. The lowest BCUT2D eigenvalue weighted by atomic mass is 9.61. The number of nitriles is 1. The van der Waals surface area contributed by atoms with Gasteiger partial charge < -0.3 is 9.47 Å². The summed E-state index contributed by atoms with van der Waals surface area (Å²) in [5.41, 5.74) is 0.473. The molecule has 0 radical (unpaired) electrons. The van der Waals surface area contributed by atoms with Gasteiger partial charge >= 0.3 is 0 Å². The predicted molar refractivity (Wildman–Crippen MR) is 61.2 cm³/mol. The van der Waals surface area contributed by atoms with E-state index in [4.69, 9.17) is 14.7 Å². The lowest BCUT2D eigenvalue weighted by Crippen LogP contribution is -2.61. The molecule has 0 aromatic carbocycles. The molecular formula is C13H15NO4. The molecule has 5 heteroatoms. The van der Waals surface area contributed by atoms with Crippen LogP contribution in [0.1, 0.15) is 13.3 Å². The molecule has 96 valence electrons. The number of carbonyl (C=O) groups excluding carboxylic acids is 2. The number of Topliss-reactive ketones (excluding diaryl/α,β-unsaturated/α-hetero) is 2. The minimum atomic E-state index is -1.41. The van der Waals surface area contributed by atoms with Gasteiger partial charge in [-0.05, 0) is 13.3 Å². The Hall–Kier alpha value is -1.51. The number of carbonyl (C=O) groups is 2. The molecule has 0 aliphatic heterocycles. The first-order valence-electron chi connectivity index (χ1n) is 5.78. The van der Waals surface area contributed by atoms with Crippen molar-refractivity contribution in [2.75, 3.05) is 14.2 Å². The van der Waals surface area contributed by atoms with Crippen LogP contribution >= 0.6 is 0 Å². The first-order chi connectivity index (χ1) is 8.51. The summed E-state index contributed by atoms with van der Waals surface area (Å²) in [5.74, 6) is -3.17. The zero-order chi connectivity index (χ0) is 13.5. The van der Waals surface area contributed by atoms with Crippen LogP contribution in [0.25, 0.3) is 0 Å². The van der Waals surface area contributed by atoms with Crippen LogP contribution in [0.15, 0.2) is 11.6 Å². The number of fused-ring (bicyclic) bond motifs is 2. The fourth-order valence-electron chi connectivity index (χ4n) is 3.08. The van der Waals surface area contributed by atoms with E-state index in [1.807, 2.05) is 0 Å². The van der Waals surface area contributed by atoms with Crippen molar-refractivity contribution in [1.29, 1.82) is 5.26 Å². The Kier molecular flexibility index (Phi) is 3.09. The topological polar surface area (TPSA) is 76.4 Å². The van der Waals surface area contributed by atoms with E-state index in [0.29, 0.717) is 12.0 Å². The monoisotopic (exact) mass is 249 g/mol. The van der Waals surface area contributed by atoms with E-state index in [1.54, 1.807) is 6.08 Å². The molecule has 0 amide bonds. The number of methoxy groups -OCH3 is 2. The zero-order valence-electron chi connectivity index (χ0n) is 10.6. The molecule has 0 aromatic heterocycles. The normalized spacial score (nSPS) is 32.9. The summed E-state index contributed by atoms with van der Waals surface area (Å²) in [7, 11) is 2.78. The molecule has 3 atom stereocenters. The van der Waals surface area contributed by atoms with Gasteiger partial charge in [0.25, 0.3) is 0 Å². The molecular weight excluding hydrogens is 234 g/mol. The lowest BCUT2D eigenvalue weighted by molar-refractivity contribution is -0.240. The Labute approximate surface area is 105 Å². The highest BCUT2D eigenvalue weighted by Crippen LogP contribution is 2.49. The van der Waals surface area contributed by atoms with Crippen molar-refractivity contribution in [2.24, 2.45) is 17.8 Å². The quantitative estimate of drug-likeness (QED) is 0.693. The average Bonchev–Trinajstić information content (AvgIpc) is 2.39. The summed E-state index contributed by atoms with van der Waals surface area (Å²) in [6.07, 6.45) is 2.02. The Morgan fingerprint density at radius 1 is 1.50 bits per heavy atom. The van der Waals surface area contributed by atoms with E-state index < -0.39 is 17.6 Å². The fraction of sp³-hybridized carbons (Fsp3) is 0.615. The van der Waals surface area contributed by atoms with Crippen LogP contribution in [0.4, 0.5) is 0 Å². The van der Waals surface area contributed by atoms with Gasteiger partial charge in [0.1, 0.15) is 5.78 Å². The van der Waals surface area contributed by atoms with E-state index in [2.05, 4.69) is 6.07 Å². The molecule has 0 aromatic rings. The van der Waals surface area contributed by atoms with Crippen LogP contribution < -0.4 is 0 Å². The maximum Gasteiger partial charge on any atom is 0.236 e. The Bertz CT molecular complexity index is 470. The van der Waals surface area contributed by atoms with Crippen molar-refractivity contribution >= 4 is 11.6 Å². The summed E-state index contributed by atoms with van der Waals surface area (Å²) in [4.78, 5) is 24.0.